The molecule has 4 nitrogen and oxygen atoms in total. The molecule has 6 heteroatoms. The summed E-state index contributed by atoms with van der Waals surface area (Å²) in [7, 11) is 0. The van der Waals surface area contributed by atoms with Crippen LogP contribution in [0.1, 0.15) is 68.2 Å². The van der Waals surface area contributed by atoms with Crippen molar-refractivity contribution in [2.24, 2.45) is 0 Å². The van der Waals surface area contributed by atoms with E-state index in [2.05, 4.69) is 19.7 Å². The topological polar surface area (TPSA) is 36.9 Å². The zero-order valence-corrected chi connectivity index (χ0v) is 20.1. The van der Waals surface area contributed by atoms with Crippen molar-refractivity contribution in [3.05, 3.63) is 0 Å². The molecule has 0 saturated heterocycles. The van der Waals surface area contributed by atoms with Crippen molar-refractivity contribution in [2.75, 3.05) is 0 Å². The van der Waals surface area contributed by atoms with E-state index >= 15 is 0 Å². The molecule has 0 heterocycles. The minimum Gasteiger partial charge on any atom is -0.229 e. The largest absolute Gasteiger partial charge is 0.229 e. The van der Waals surface area contributed by atoms with Gasteiger partial charge in [-0.15, -0.1) is 0 Å². The zero-order chi connectivity index (χ0) is 19.1. The first-order valence-electron chi connectivity index (χ1n) is 7.73. The van der Waals surface area contributed by atoms with Crippen LogP contribution in [0.25, 0.3) is 0 Å². The summed E-state index contributed by atoms with van der Waals surface area (Å²) < 4.78 is 5.62. The highest BCUT2D eigenvalue weighted by Crippen LogP contribution is 2.28. The number of rotatable bonds is 9. The summed E-state index contributed by atoms with van der Waals surface area (Å²) in [5, 5.41) is 0. The molecule has 0 bridgehead atoms. The van der Waals surface area contributed by atoms with Crippen LogP contribution in [0.3, 0.4) is 0 Å². The summed E-state index contributed by atoms with van der Waals surface area (Å²) in [6.07, 6.45) is 1.46. The zero-order valence-electron chi connectivity index (χ0n) is 15.8. The van der Waals surface area contributed by atoms with Gasteiger partial charge in [-0.1, -0.05) is 11.8 Å². The minimum atomic E-state index is -0.643. The average Bonchev–Trinajstić information content (AvgIpc) is 2.42. The van der Waals surface area contributed by atoms with Crippen molar-refractivity contribution in [3.8, 4) is 19.7 Å². The Balaban J connectivity index is 4.50. The van der Waals surface area contributed by atoms with Crippen molar-refractivity contribution >= 4 is 45.2 Å². The molecule has 24 heavy (non-hydrogen) atoms. The molecule has 0 aromatic heterocycles. The van der Waals surface area contributed by atoms with Crippen molar-refractivity contribution in [1.29, 1.82) is 0 Å². The van der Waals surface area contributed by atoms with Gasteiger partial charge in [0.05, 0.1) is 11.2 Å². The molecule has 0 aliphatic heterocycles. The lowest BCUT2D eigenvalue weighted by Crippen LogP contribution is -2.36. The predicted octanol–water partition coefficient (Wildman–Crippen LogP) is 5.57. The Morgan fingerprint density at radius 1 is 0.583 bits per heavy atom. The number of hydrogen-bond acceptors (Lipinski definition) is 4. The molecule has 0 saturated carbocycles. The second-order valence-electron chi connectivity index (χ2n) is 7.81. The number of halogens is 2. The van der Waals surface area contributed by atoms with Gasteiger partial charge in [-0.2, -0.15) is 0 Å². The van der Waals surface area contributed by atoms with Crippen molar-refractivity contribution in [2.45, 2.75) is 90.6 Å². The molecule has 0 aromatic rings. The maximum Gasteiger partial charge on any atom is 0.159 e. The number of hydrogen-bond donors (Lipinski definition) is 0. The molecular formula is C18H28I2O4. The molecule has 0 aliphatic rings. The van der Waals surface area contributed by atoms with E-state index in [9.17, 15) is 0 Å². The first-order chi connectivity index (χ1) is 10.7. The van der Waals surface area contributed by atoms with Gasteiger partial charge < -0.3 is 0 Å². The summed E-state index contributed by atoms with van der Waals surface area (Å²) in [5.74, 6) is 5.89. The van der Waals surface area contributed by atoms with E-state index in [1.807, 2.05) is 101 Å². The Morgan fingerprint density at radius 3 is 1.12 bits per heavy atom. The molecule has 0 unspecified atom stereocenters. The second-order valence-corrected chi connectivity index (χ2v) is 8.89. The van der Waals surface area contributed by atoms with Crippen molar-refractivity contribution < 1.29 is 19.6 Å². The van der Waals surface area contributed by atoms with Crippen molar-refractivity contribution in [1.82, 2.24) is 0 Å². The standard InChI is InChI=1S/C18H28I2O4/c1-15(2,21-23-17(5,6)11-13-19)9-10-16(3,4)22-24-18(7,8)12-14-20/h9-10H2,1-8H3. The Morgan fingerprint density at radius 2 is 0.875 bits per heavy atom. The monoisotopic (exact) mass is 562 g/mol. The van der Waals surface area contributed by atoms with E-state index in [-0.39, 0.29) is 0 Å². The summed E-state index contributed by atoms with van der Waals surface area (Å²) in [5.41, 5.74) is -2.23. The Hall–Kier alpha value is 0.420. The Labute approximate surface area is 174 Å². The van der Waals surface area contributed by atoms with Gasteiger partial charge in [0, 0.05) is 45.2 Å². The van der Waals surface area contributed by atoms with Gasteiger partial charge in [-0.25, -0.2) is 19.6 Å². The molecule has 0 rings (SSSR count). The van der Waals surface area contributed by atoms with Crippen LogP contribution in [0.5, 0.6) is 0 Å². The van der Waals surface area contributed by atoms with Gasteiger partial charge in [0.25, 0.3) is 0 Å². The highest BCUT2D eigenvalue weighted by atomic mass is 127. The van der Waals surface area contributed by atoms with Gasteiger partial charge >= 0.3 is 0 Å². The highest BCUT2D eigenvalue weighted by Gasteiger charge is 2.31. The predicted molar refractivity (Wildman–Crippen MR) is 113 cm³/mol. The molecule has 0 aliphatic carbocycles. The molecule has 0 aromatic carbocycles. The molecule has 0 atom stereocenters. The van der Waals surface area contributed by atoms with E-state index < -0.39 is 22.4 Å². The van der Waals surface area contributed by atoms with Crippen LogP contribution in [0.4, 0.5) is 0 Å². The molecular weight excluding hydrogens is 534 g/mol. The Bertz CT molecular complexity index is 469. The third kappa shape index (κ3) is 11.9. The fourth-order valence-corrected chi connectivity index (χ4v) is 2.69. The fourth-order valence-electron chi connectivity index (χ4n) is 1.39. The fraction of sp³-hybridized carbons (Fsp3) is 0.778. The second kappa shape index (κ2) is 9.94. The van der Waals surface area contributed by atoms with Gasteiger partial charge in [0.2, 0.25) is 0 Å². The average molecular weight is 562 g/mol. The van der Waals surface area contributed by atoms with Crippen LogP contribution in [-0.4, -0.2) is 22.4 Å². The summed E-state index contributed by atoms with van der Waals surface area (Å²) in [4.78, 5) is 22.2. The lowest BCUT2D eigenvalue weighted by molar-refractivity contribution is -0.402. The summed E-state index contributed by atoms with van der Waals surface area (Å²) >= 11 is 3.97. The van der Waals surface area contributed by atoms with E-state index in [0.717, 1.165) is 12.8 Å². The molecule has 138 valence electrons. The maximum atomic E-state index is 5.60. The Kier molecular flexibility index (Phi) is 10.1. The maximum absolute atomic E-state index is 5.60. The summed E-state index contributed by atoms with van der Waals surface area (Å²) in [6, 6.07) is 0. The van der Waals surface area contributed by atoms with Gasteiger partial charge in [0.1, 0.15) is 0 Å². The molecule has 0 fully saturated rings. The lowest BCUT2D eigenvalue weighted by Gasteiger charge is -2.32. The third-order valence-corrected chi connectivity index (χ3v) is 3.52. The highest BCUT2D eigenvalue weighted by molar-refractivity contribution is 14.1. The van der Waals surface area contributed by atoms with E-state index in [1.54, 1.807) is 0 Å². The van der Waals surface area contributed by atoms with Gasteiger partial charge in [-0.05, 0) is 76.1 Å². The first-order valence-corrected chi connectivity index (χ1v) is 9.89. The SMILES string of the molecule is CC(C)(C#CI)OOC(C)(C)CCC(C)(C)OOC(C)(C)C#CI. The van der Waals surface area contributed by atoms with Crippen LogP contribution in [0.15, 0.2) is 0 Å². The third-order valence-electron chi connectivity index (χ3n) is 2.98. The van der Waals surface area contributed by atoms with Crippen LogP contribution >= 0.6 is 45.2 Å². The normalized spacial score (nSPS) is 12.9. The molecule has 0 radical (unpaired) electrons. The molecule has 0 spiro atoms. The first kappa shape index (κ1) is 24.4. The van der Waals surface area contributed by atoms with E-state index in [1.165, 1.54) is 0 Å². The smallest absolute Gasteiger partial charge is 0.159 e. The van der Waals surface area contributed by atoms with Gasteiger partial charge in [0.15, 0.2) is 11.2 Å². The molecule has 0 amide bonds. The van der Waals surface area contributed by atoms with E-state index in [4.69, 9.17) is 19.6 Å². The lowest BCUT2D eigenvalue weighted by atomic mass is 9.94. The molecule has 0 N–H and O–H groups in total. The van der Waals surface area contributed by atoms with Gasteiger partial charge in [-0.3, -0.25) is 0 Å². The van der Waals surface area contributed by atoms with Crippen LogP contribution < -0.4 is 0 Å². The summed E-state index contributed by atoms with van der Waals surface area (Å²) in [6.45, 7) is 15.4. The van der Waals surface area contributed by atoms with Crippen LogP contribution in [0.2, 0.25) is 0 Å². The quantitative estimate of drug-likeness (QED) is 0.160. The van der Waals surface area contributed by atoms with Crippen molar-refractivity contribution in [3.63, 3.8) is 0 Å². The van der Waals surface area contributed by atoms with Crippen LogP contribution in [0, 0.1) is 19.7 Å². The minimum absolute atomic E-state index is 0.470. The van der Waals surface area contributed by atoms with E-state index in [0.29, 0.717) is 0 Å². The van der Waals surface area contributed by atoms with Crippen LogP contribution in [-0.2, 0) is 19.6 Å².